The molecule has 0 aromatic rings. The van der Waals surface area contributed by atoms with E-state index in [1.54, 1.807) is 0 Å². The summed E-state index contributed by atoms with van der Waals surface area (Å²) in [5.41, 5.74) is 0. The maximum atomic E-state index is 10.5. The van der Waals surface area contributed by atoms with E-state index in [0.717, 1.165) is 0 Å². The molecule has 0 amide bonds. The Morgan fingerprint density at radius 1 is 0.756 bits per heavy atom. The fraction of sp³-hybridized carbons (Fsp3) is 0.724. The van der Waals surface area contributed by atoms with Gasteiger partial charge >= 0.3 is 195 Å². The molecule has 2 aliphatic rings. The van der Waals surface area contributed by atoms with E-state index in [2.05, 4.69) is 57.5 Å². The van der Waals surface area contributed by atoms with Gasteiger partial charge in [-0.1, -0.05) is 5.92 Å². The number of aliphatic hydroxyl groups excluding tert-OH is 3. The Balaban J connectivity index is 2.43. The van der Waals surface area contributed by atoms with Crippen LogP contribution in [-0.4, -0.2) is 132 Å². The van der Waals surface area contributed by atoms with Gasteiger partial charge in [-0.2, -0.15) is 0 Å². The van der Waals surface area contributed by atoms with E-state index >= 15 is 0 Å². The van der Waals surface area contributed by atoms with Gasteiger partial charge in [-0.05, 0) is 0 Å². The second-order valence-electron chi connectivity index (χ2n) is 10.5. The molecule has 0 saturated carbocycles. The molecule has 11 nitrogen and oxygen atoms in total. The smallest absolute Gasteiger partial charge is 0.389 e. The van der Waals surface area contributed by atoms with Crippen molar-refractivity contribution >= 4 is 13.3 Å². The first-order valence-electron chi connectivity index (χ1n) is 13.2. The first-order valence-corrected chi connectivity index (χ1v) is 20.5. The number of aliphatic hydroxyl groups is 3. The Morgan fingerprint density at radius 2 is 1.37 bits per heavy atom. The van der Waals surface area contributed by atoms with Crippen molar-refractivity contribution in [3.63, 3.8) is 0 Å². The fourth-order valence-corrected chi connectivity index (χ4v) is 5.52. The molecule has 0 bridgehead atoms. The Kier molecular flexibility index (Phi) is 15.7. The molecule has 12 heteroatoms. The van der Waals surface area contributed by atoms with Crippen molar-refractivity contribution in [3.05, 3.63) is 0 Å². The van der Waals surface area contributed by atoms with Crippen LogP contribution in [0.3, 0.4) is 0 Å². The van der Waals surface area contributed by atoms with Crippen LogP contribution in [0.2, 0.25) is 17.3 Å². The van der Waals surface area contributed by atoms with Crippen LogP contribution in [0.4, 0.5) is 0 Å². The van der Waals surface area contributed by atoms with Gasteiger partial charge in [-0.15, -0.1) is 6.42 Å². The minimum Gasteiger partial charge on any atom is -0.389 e. The normalized spacial score (nSPS) is 33.3. The summed E-state index contributed by atoms with van der Waals surface area (Å²) in [4.78, 5) is 0. The van der Waals surface area contributed by atoms with Gasteiger partial charge in [0.2, 0.25) is 0 Å². The predicted molar refractivity (Wildman–Crippen MR) is 150 cm³/mol. The van der Waals surface area contributed by atoms with Crippen LogP contribution in [0.25, 0.3) is 0 Å². The van der Waals surface area contributed by atoms with Crippen LogP contribution < -0.4 is 0 Å². The average molecular weight is 639 g/mol. The van der Waals surface area contributed by atoms with Crippen molar-refractivity contribution in [2.24, 2.45) is 11.8 Å². The van der Waals surface area contributed by atoms with Crippen molar-refractivity contribution in [3.8, 4) is 46.7 Å². The second-order valence-corrected chi connectivity index (χ2v) is 20.4. The van der Waals surface area contributed by atoms with E-state index in [9.17, 15) is 15.3 Å². The summed E-state index contributed by atoms with van der Waals surface area (Å²) >= 11 is -2.28. The van der Waals surface area contributed by atoms with Crippen LogP contribution in [0.15, 0.2) is 0 Å². The van der Waals surface area contributed by atoms with Crippen LogP contribution in [0.1, 0.15) is 0 Å². The van der Waals surface area contributed by atoms with Gasteiger partial charge in [-0.3, -0.25) is 0 Å². The van der Waals surface area contributed by atoms with Gasteiger partial charge < -0.3 is 20.1 Å². The van der Waals surface area contributed by atoms with Gasteiger partial charge in [0.1, 0.15) is 12.2 Å². The number of methoxy groups -OCH3 is 3. The topological polar surface area (TPSA) is 135 Å². The van der Waals surface area contributed by atoms with Gasteiger partial charge in [0.15, 0.2) is 0 Å². The molecule has 2 aliphatic heterocycles. The van der Waals surface area contributed by atoms with Crippen LogP contribution in [-0.2, 0) is 37.9 Å². The molecule has 0 unspecified atom stereocenters. The first kappa shape index (κ1) is 35.5. The van der Waals surface area contributed by atoms with Gasteiger partial charge in [0.05, 0.1) is 6.61 Å². The van der Waals surface area contributed by atoms with E-state index in [4.69, 9.17) is 44.3 Å². The van der Waals surface area contributed by atoms with Crippen molar-refractivity contribution in [1.29, 1.82) is 0 Å². The van der Waals surface area contributed by atoms with Crippen LogP contribution in [0, 0.1) is 58.5 Å². The molecule has 0 aromatic heterocycles. The molecule has 228 valence electrons. The molecule has 3 N–H and O–H groups in total. The molecule has 2 saturated heterocycles. The molecule has 0 aromatic carbocycles. The molecule has 41 heavy (non-hydrogen) atoms. The molecule has 0 spiro atoms. The van der Waals surface area contributed by atoms with Crippen LogP contribution in [0.5, 0.6) is 0 Å². The van der Waals surface area contributed by atoms with E-state index in [1.165, 1.54) is 21.3 Å². The van der Waals surface area contributed by atoms with E-state index in [0.29, 0.717) is 0 Å². The fourth-order valence-electron chi connectivity index (χ4n) is 4.26. The van der Waals surface area contributed by atoms with Gasteiger partial charge in [0, 0.05) is 0 Å². The predicted octanol–water partition coefficient (Wildman–Crippen LogP) is -0.413. The Morgan fingerprint density at radius 3 is 1.95 bits per heavy atom. The number of hydrogen-bond donors (Lipinski definition) is 3. The number of rotatable bonds is 11. The summed E-state index contributed by atoms with van der Waals surface area (Å²) in [6, 6.07) is 0. The summed E-state index contributed by atoms with van der Waals surface area (Å²) in [5.74, 6) is 22.0. The maximum absolute atomic E-state index is 10.5. The zero-order chi connectivity index (χ0) is 30.4. The van der Waals surface area contributed by atoms with E-state index in [1.807, 2.05) is 0 Å². The monoisotopic (exact) mass is 640 g/mol. The summed E-state index contributed by atoms with van der Waals surface area (Å²) in [6.07, 6.45) is -1.99. The van der Waals surface area contributed by atoms with Crippen molar-refractivity contribution < 1.29 is 53.2 Å². The van der Waals surface area contributed by atoms with Crippen molar-refractivity contribution in [2.45, 2.75) is 66.1 Å². The summed E-state index contributed by atoms with van der Waals surface area (Å²) in [7, 11) is 4.55. The van der Waals surface area contributed by atoms with Crippen molar-refractivity contribution in [1.82, 2.24) is 0 Å². The Labute approximate surface area is 245 Å². The minimum absolute atomic E-state index is 0.0126. The molecular weight excluding hydrogens is 597 g/mol. The van der Waals surface area contributed by atoms with Crippen molar-refractivity contribution in [2.75, 3.05) is 54.9 Å². The number of hydrogen-bond acceptors (Lipinski definition) is 11. The Bertz CT molecular complexity index is 1020. The molecule has 2 fully saturated rings. The first-order chi connectivity index (χ1) is 19.6. The average Bonchev–Trinajstić information content (AvgIpc) is 2.94. The van der Waals surface area contributed by atoms with Gasteiger partial charge in [0.25, 0.3) is 0 Å². The number of terminal acetylenes is 1. The Hall–Kier alpha value is -1.66. The molecule has 0 radical (unpaired) electrons. The third-order valence-electron chi connectivity index (χ3n) is 6.16. The van der Waals surface area contributed by atoms with Gasteiger partial charge in [-0.25, -0.2) is 0 Å². The van der Waals surface area contributed by atoms with Crippen LogP contribution >= 0.6 is 0 Å². The molecule has 0 aliphatic carbocycles. The molecular formula is C29H42GeO11. The second kappa shape index (κ2) is 18.1. The molecule has 2 rings (SSSR count). The third-order valence-corrected chi connectivity index (χ3v) is 8.04. The van der Waals surface area contributed by atoms with E-state index < -0.39 is 80.5 Å². The third kappa shape index (κ3) is 10.8. The zero-order valence-electron chi connectivity index (χ0n) is 24.5. The number of ether oxygens (including phenoxy) is 8. The SMILES string of the molecule is C#C[C@H]1O[C@H](CO)[C@@H](C#CC#C[C@H]2O[C@H](COCOC)[C@@H](C#[C][Ge]([CH3])([CH3])[CH3])[C@H](OCOC)[C@H]2OCOC)[C@H](O)[C@H]1O. The minimum atomic E-state index is -2.28. The quantitative estimate of drug-likeness (QED) is 0.118. The molecule has 10 atom stereocenters. The van der Waals surface area contributed by atoms with E-state index in [-0.39, 0.29) is 27.0 Å². The molecule has 2 heterocycles. The zero-order valence-corrected chi connectivity index (χ0v) is 26.6. The summed E-state index contributed by atoms with van der Waals surface area (Å²) in [6.45, 7) is -0.283. The summed E-state index contributed by atoms with van der Waals surface area (Å²) < 4.78 is 48.4. The standard InChI is InChI=1S/C29H42GeO11/c1-8-22-27(33)26(32)20(24(15-31)40-22)11-9-10-12-23-29(39-19-36-7)28(38-18-35-6)21(13-14-30(2,3)4)25(41-23)16-37-17-34-5/h1,20-29,31-33H,15-19H2,2-7H3/t20-,21-,22-,23-,24-,25-,26+,27+,28+,29+/m1/s1. The summed E-state index contributed by atoms with van der Waals surface area (Å²) in [5, 5.41) is 30.4.